The minimum absolute atomic E-state index is 0.0583. The molecule has 1 saturated carbocycles. The van der Waals surface area contributed by atoms with E-state index in [4.69, 9.17) is 9.47 Å². The second kappa shape index (κ2) is 4.82. The summed E-state index contributed by atoms with van der Waals surface area (Å²) in [5, 5.41) is 0. The lowest BCUT2D eigenvalue weighted by atomic mass is 9.74. The third kappa shape index (κ3) is 2.41. The van der Waals surface area contributed by atoms with Gasteiger partial charge in [-0.1, -0.05) is 0 Å². The average Bonchev–Trinajstić information content (AvgIpc) is 2.32. The van der Waals surface area contributed by atoms with Crippen molar-refractivity contribution in [2.45, 2.75) is 43.8 Å². The van der Waals surface area contributed by atoms with Crippen molar-refractivity contribution in [3.8, 4) is 5.75 Å². The normalized spacial score (nSPS) is 25.8. The highest BCUT2D eigenvalue weighted by atomic mass is 79.9. The number of rotatable bonds is 2. The van der Waals surface area contributed by atoms with Crippen LogP contribution in [-0.4, -0.2) is 18.3 Å². The van der Waals surface area contributed by atoms with Crippen molar-refractivity contribution in [3.63, 3.8) is 0 Å². The minimum atomic E-state index is -0.265. The Kier molecular flexibility index (Phi) is 3.32. The first-order valence-corrected chi connectivity index (χ1v) is 7.22. The highest BCUT2D eigenvalue weighted by Crippen LogP contribution is 2.43. The van der Waals surface area contributed by atoms with Crippen molar-refractivity contribution >= 4 is 15.9 Å². The van der Waals surface area contributed by atoms with Crippen LogP contribution in [-0.2, 0) is 4.74 Å². The molecule has 0 bridgehead atoms. The fourth-order valence-electron chi connectivity index (χ4n) is 2.75. The molecule has 1 aromatic carbocycles. The summed E-state index contributed by atoms with van der Waals surface area (Å²) in [4.78, 5) is 0. The summed E-state index contributed by atoms with van der Waals surface area (Å²) in [5.74, 6) is 0.329. The lowest BCUT2D eigenvalue weighted by molar-refractivity contribution is -0.153. The monoisotopic (exact) mass is 314 g/mol. The van der Waals surface area contributed by atoms with Gasteiger partial charge in [-0.05, 0) is 47.3 Å². The SMILES string of the molecule is Fc1ccc(Br)c(OC2CCOC3(CCC3)C2)c1. The molecule has 1 saturated heterocycles. The summed E-state index contributed by atoms with van der Waals surface area (Å²) >= 11 is 3.39. The second-order valence-corrected chi connectivity index (χ2v) is 6.05. The summed E-state index contributed by atoms with van der Waals surface area (Å²) in [5.41, 5.74) is 0.0583. The van der Waals surface area contributed by atoms with Gasteiger partial charge in [-0.15, -0.1) is 0 Å². The Labute approximate surface area is 115 Å². The van der Waals surface area contributed by atoms with Crippen LogP contribution in [0.4, 0.5) is 4.39 Å². The van der Waals surface area contributed by atoms with Gasteiger partial charge in [0.1, 0.15) is 17.7 Å². The van der Waals surface area contributed by atoms with Gasteiger partial charge in [0, 0.05) is 18.9 Å². The lowest BCUT2D eigenvalue weighted by Crippen LogP contribution is -2.48. The molecule has 1 aliphatic heterocycles. The summed E-state index contributed by atoms with van der Waals surface area (Å²) < 4.78 is 25.8. The number of ether oxygens (including phenoxy) is 2. The van der Waals surface area contributed by atoms with E-state index < -0.39 is 0 Å². The molecule has 1 aromatic rings. The maximum absolute atomic E-state index is 13.2. The molecule has 2 aliphatic rings. The molecule has 18 heavy (non-hydrogen) atoms. The van der Waals surface area contributed by atoms with Crippen LogP contribution in [0.25, 0.3) is 0 Å². The second-order valence-electron chi connectivity index (χ2n) is 5.19. The maximum atomic E-state index is 13.2. The standard InChI is InChI=1S/C14H16BrFO2/c15-12-3-2-10(16)8-13(12)18-11-4-7-17-14(9-11)5-1-6-14/h2-3,8,11H,1,4-7,9H2. The summed E-state index contributed by atoms with van der Waals surface area (Å²) in [7, 11) is 0. The number of benzene rings is 1. The van der Waals surface area contributed by atoms with Crippen molar-refractivity contribution in [3.05, 3.63) is 28.5 Å². The topological polar surface area (TPSA) is 18.5 Å². The Morgan fingerprint density at radius 1 is 1.39 bits per heavy atom. The largest absolute Gasteiger partial charge is 0.489 e. The molecule has 1 spiro atoms. The van der Waals surface area contributed by atoms with E-state index in [1.54, 1.807) is 6.07 Å². The van der Waals surface area contributed by atoms with E-state index in [2.05, 4.69) is 15.9 Å². The Bertz CT molecular complexity index is 445. The summed E-state index contributed by atoms with van der Waals surface area (Å²) in [6, 6.07) is 4.55. The number of hydrogen-bond donors (Lipinski definition) is 0. The molecule has 0 radical (unpaired) electrons. The van der Waals surface area contributed by atoms with Crippen molar-refractivity contribution in [1.29, 1.82) is 0 Å². The van der Waals surface area contributed by atoms with E-state index in [1.807, 2.05) is 0 Å². The van der Waals surface area contributed by atoms with Crippen LogP contribution in [0, 0.1) is 5.82 Å². The maximum Gasteiger partial charge on any atom is 0.136 e. The van der Waals surface area contributed by atoms with Crippen molar-refractivity contribution < 1.29 is 13.9 Å². The molecular weight excluding hydrogens is 299 g/mol. The first-order valence-electron chi connectivity index (χ1n) is 6.43. The summed E-state index contributed by atoms with van der Waals surface area (Å²) in [6.07, 6.45) is 5.46. The predicted molar refractivity (Wildman–Crippen MR) is 70.3 cm³/mol. The molecule has 0 amide bonds. The fraction of sp³-hybridized carbons (Fsp3) is 0.571. The van der Waals surface area contributed by atoms with Crippen LogP contribution in [0.1, 0.15) is 32.1 Å². The quantitative estimate of drug-likeness (QED) is 0.819. The van der Waals surface area contributed by atoms with Gasteiger partial charge in [-0.2, -0.15) is 0 Å². The zero-order chi connectivity index (χ0) is 12.6. The van der Waals surface area contributed by atoms with E-state index in [9.17, 15) is 4.39 Å². The molecule has 1 heterocycles. The average molecular weight is 315 g/mol. The first kappa shape index (κ1) is 12.4. The van der Waals surface area contributed by atoms with Gasteiger partial charge >= 0.3 is 0 Å². The molecule has 2 fully saturated rings. The molecule has 1 atom stereocenters. The first-order chi connectivity index (χ1) is 8.67. The number of hydrogen-bond acceptors (Lipinski definition) is 2. The Morgan fingerprint density at radius 2 is 2.22 bits per heavy atom. The molecule has 98 valence electrons. The molecule has 1 aliphatic carbocycles. The molecule has 0 N–H and O–H groups in total. The smallest absolute Gasteiger partial charge is 0.136 e. The highest BCUT2D eigenvalue weighted by molar-refractivity contribution is 9.10. The third-order valence-electron chi connectivity index (χ3n) is 3.90. The fourth-order valence-corrected chi connectivity index (χ4v) is 3.09. The van der Waals surface area contributed by atoms with Crippen LogP contribution in [0.5, 0.6) is 5.75 Å². The van der Waals surface area contributed by atoms with Gasteiger partial charge < -0.3 is 9.47 Å². The van der Waals surface area contributed by atoms with Crippen LogP contribution >= 0.6 is 15.9 Å². The van der Waals surface area contributed by atoms with E-state index in [0.717, 1.165) is 36.8 Å². The van der Waals surface area contributed by atoms with Crippen LogP contribution < -0.4 is 4.74 Å². The van der Waals surface area contributed by atoms with Crippen molar-refractivity contribution in [1.82, 2.24) is 0 Å². The zero-order valence-corrected chi connectivity index (χ0v) is 11.7. The van der Waals surface area contributed by atoms with Gasteiger partial charge in [-0.25, -0.2) is 4.39 Å². The Morgan fingerprint density at radius 3 is 2.94 bits per heavy atom. The highest BCUT2D eigenvalue weighted by Gasteiger charge is 2.43. The Balaban J connectivity index is 1.70. The van der Waals surface area contributed by atoms with Gasteiger partial charge in [0.15, 0.2) is 0 Å². The van der Waals surface area contributed by atoms with E-state index >= 15 is 0 Å². The van der Waals surface area contributed by atoms with Crippen molar-refractivity contribution in [2.75, 3.05) is 6.61 Å². The summed E-state index contributed by atoms with van der Waals surface area (Å²) in [6.45, 7) is 0.748. The minimum Gasteiger partial charge on any atom is -0.489 e. The van der Waals surface area contributed by atoms with Crippen LogP contribution in [0.15, 0.2) is 22.7 Å². The van der Waals surface area contributed by atoms with Gasteiger partial charge in [0.25, 0.3) is 0 Å². The zero-order valence-electron chi connectivity index (χ0n) is 10.1. The van der Waals surface area contributed by atoms with Crippen molar-refractivity contribution in [2.24, 2.45) is 0 Å². The molecule has 4 heteroatoms. The molecule has 3 rings (SSSR count). The van der Waals surface area contributed by atoms with E-state index in [-0.39, 0.29) is 17.5 Å². The van der Waals surface area contributed by atoms with Crippen LogP contribution in [0.3, 0.4) is 0 Å². The lowest BCUT2D eigenvalue weighted by Gasteiger charge is -2.46. The van der Waals surface area contributed by atoms with E-state index in [0.29, 0.717) is 5.75 Å². The third-order valence-corrected chi connectivity index (χ3v) is 4.55. The van der Waals surface area contributed by atoms with Crippen LogP contribution in [0.2, 0.25) is 0 Å². The Hall–Kier alpha value is -0.610. The van der Waals surface area contributed by atoms with Gasteiger partial charge in [0.2, 0.25) is 0 Å². The van der Waals surface area contributed by atoms with Gasteiger partial charge in [0.05, 0.1) is 16.7 Å². The molecular formula is C14H16BrFO2. The predicted octanol–water partition coefficient (Wildman–Crippen LogP) is 4.07. The van der Waals surface area contributed by atoms with Gasteiger partial charge in [-0.3, -0.25) is 0 Å². The number of halogens is 2. The van der Waals surface area contributed by atoms with E-state index in [1.165, 1.54) is 18.6 Å². The molecule has 1 unspecified atom stereocenters. The molecule has 2 nitrogen and oxygen atoms in total. The molecule has 0 aromatic heterocycles.